The van der Waals surface area contributed by atoms with E-state index in [1.54, 1.807) is 0 Å². The van der Waals surface area contributed by atoms with Crippen LogP contribution in [0.5, 0.6) is 0 Å². The monoisotopic (exact) mass is 203 g/mol. The van der Waals surface area contributed by atoms with Crippen molar-refractivity contribution in [3.05, 3.63) is 41.7 Å². The van der Waals surface area contributed by atoms with Crippen molar-refractivity contribution in [1.29, 1.82) is 0 Å². The Morgan fingerprint density at radius 3 is 2.60 bits per heavy atom. The van der Waals surface area contributed by atoms with Gasteiger partial charge in [-0.1, -0.05) is 35.0 Å². The van der Waals surface area contributed by atoms with Crippen LogP contribution in [0, 0.1) is 6.92 Å². The lowest BCUT2D eigenvalue weighted by atomic mass is 10.1. The van der Waals surface area contributed by atoms with Crippen molar-refractivity contribution < 1.29 is 5.21 Å². The minimum absolute atomic E-state index is 0.292. The first-order chi connectivity index (χ1) is 7.31. The lowest BCUT2D eigenvalue weighted by Crippen LogP contribution is -2.14. The molecule has 0 saturated heterocycles. The molecule has 1 N–H and O–H groups in total. The molecular formula is C9H9N5O. The lowest BCUT2D eigenvalue weighted by molar-refractivity contribution is 0.316. The second-order valence-corrected chi connectivity index (χ2v) is 3.04. The van der Waals surface area contributed by atoms with Crippen molar-refractivity contribution in [1.82, 2.24) is 20.2 Å². The largest absolute Gasteiger partial charge is 0.409 e. The number of benzene rings is 1. The summed E-state index contributed by atoms with van der Waals surface area (Å²) in [5.41, 5.74) is 1.88. The van der Waals surface area contributed by atoms with E-state index in [0.717, 1.165) is 11.1 Å². The zero-order valence-corrected chi connectivity index (χ0v) is 8.07. The number of hydrogen-bond donors (Lipinski definition) is 1. The Bertz CT molecular complexity index is 460. The van der Waals surface area contributed by atoms with Gasteiger partial charge in [-0.05, 0) is 17.4 Å². The summed E-state index contributed by atoms with van der Waals surface area (Å²) in [4.78, 5) is 0. The molecule has 1 heterocycles. The van der Waals surface area contributed by atoms with Crippen LogP contribution in [0.4, 0.5) is 0 Å². The van der Waals surface area contributed by atoms with Gasteiger partial charge in [-0.2, -0.15) is 4.68 Å². The Balaban J connectivity index is 2.41. The zero-order valence-electron chi connectivity index (χ0n) is 8.07. The van der Waals surface area contributed by atoms with Crippen molar-refractivity contribution >= 4 is 5.84 Å². The Kier molecular flexibility index (Phi) is 2.40. The molecule has 1 aromatic carbocycles. The molecule has 1 aromatic heterocycles. The van der Waals surface area contributed by atoms with Crippen molar-refractivity contribution in [2.45, 2.75) is 6.92 Å². The number of tetrazole rings is 1. The highest BCUT2D eigenvalue weighted by Crippen LogP contribution is 2.05. The van der Waals surface area contributed by atoms with Gasteiger partial charge in [0.15, 0.2) is 0 Å². The molecule has 6 nitrogen and oxygen atoms in total. The molecule has 76 valence electrons. The molecular weight excluding hydrogens is 194 g/mol. The zero-order chi connectivity index (χ0) is 10.7. The van der Waals surface area contributed by atoms with E-state index in [1.807, 2.05) is 31.2 Å². The normalized spacial score (nSPS) is 11.7. The molecule has 0 aliphatic carbocycles. The summed E-state index contributed by atoms with van der Waals surface area (Å²) in [5.74, 6) is 0.292. The van der Waals surface area contributed by atoms with Crippen molar-refractivity contribution in [3.63, 3.8) is 0 Å². The second-order valence-electron chi connectivity index (χ2n) is 3.04. The number of oxime groups is 1. The van der Waals surface area contributed by atoms with E-state index in [-0.39, 0.29) is 0 Å². The third-order valence-electron chi connectivity index (χ3n) is 1.97. The summed E-state index contributed by atoms with van der Waals surface area (Å²) in [6.07, 6.45) is 1.37. The van der Waals surface area contributed by atoms with Gasteiger partial charge in [-0.3, -0.25) is 0 Å². The van der Waals surface area contributed by atoms with Gasteiger partial charge in [0.1, 0.15) is 6.33 Å². The number of hydrogen-bond acceptors (Lipinski definition) is 5. The highest BCUT2D eigenvalue weighted by Gasteiger charge is 2.07. The fourth-order valence-corrected chi connectivity index (χ4v) is 1.20. The van der Waals surface area contributed by atoms with E-state index >= 15 is 0 Å². The summed E-state index contributed by atoms with van der Waals surface area (Å²) in [6.45, 7) is 1.98. The molecule has 0 unspecified atom stereocenters. The quantitative estimate of drug-likeness (QED) is 0.320. The van der Waals surface area contributed by atoms with Crippen LogP contribution in [0.25, 0.3) is 0 Å². The van der Waals surface area contributed by atoms with Crippen LogP contribution in [-0.2, 0) is 0 Å². The number of aryl methyl sites for hydroxylation is 1. The van der Waals surface area contributed by atoms with E-state index in [4.69, 9.17) is 5.21 Å². The Hall–Kier alpha value is -2.24. The molecule has 0 saturated carbocycles. The first-order valence-corrected chi connectivity index (χ1v) is 4.33. The van der Waals surface area contributed by atoms with Crippen molar-refractivity contribution in [2.24, 2.45) is 5.16 Å². The lowest BCUT2D eigenvalue weighted by Gasteiger charge is -2.02. The van der Waals surface area contributed by atoms with Gasteiger partial charge in [0.05, 0.1) is 0 Å². The maximum atomic E-state index is 8.89. The number of rotatable bonds is 1. The number of aromatic nitrogens is 4. The van der Waals surface area contributed by atoms with E-state index < -0.39 is 0 Å². The fraction of sp³-hybridized carbons (Fsp3) is 0.111. The van der Waals surface area contributed by atoms with E-state index in [1.165, 1.54) is 11.0 Å². The topological polar surface area (TPSA) is 76.2 Å². The highest BCUT2D eigenvalue weighted by atomic mass is 16.4. The Morgan fingerprint density at radius 2 is 2.07 bits per heavy atom. The summed E-state index contributed by atoms with van der Waals surface area (Å²) >= 11 is 0. The maximum Gasteiger partial charge on any atom is 0.202 e. The summed E-state index contributed by atoms with van der Waals surface area (Å²) in [7, 11) is 0. The minimum Gasteiger partial charge on any atom is -0.409 e. The molecule has 0 aliphatic rings. The average molecular weight is 203 g/mol. The standard InChI is InChI=1S/C9H9N5O/c1-7-2-4-8(5-3-7)9(11-15)14-6-10-12-13-14/h2-6,15H,1H3/b11-9-. The summed E-state index contributed by atoms with van der Waals surface area (Å²) in [6, 6.07) is 7.52. The van der Waals surface area contributed by atoms with Crippen molar-refractivity contribution in [2.75, 3.05) is 0 Å². The minimum atomic E-state index is 0.292. The van der Waals surface area contributed by atoms with Gasteiger partial charge >= 0.3 is 0 Å². The van der Waals surface area contributed by atoms with E-state index in [0.29, 0.717) is 5.84 Å². The van der Waals surface area contributed by atoms with E-state index in [2.05, 4.69) is 20.7 Å². The van der Waals surface area contributed by atoms with Crippen molar-refractivity contribution in [3.8, 4) is 0 Å². The second kappa shape index (κ2) is 3.87. The van der Waals surface area contributed by atoms with Crippen LogP contribution >= 0.6 is 0 Å². The molecule has 0 atom stereocenters. The van der Waals surface area contributed by atoms with Crippen LogP contribution in [0.2, 0.25) is 0 Å². The molecule has 0 fully saturated rings. The molecule has 15 heavy (non-hydrogen) atoms. The van der Waals surface area contributed by atoms with Crippen LogP contribution in [0.1, 0.15) is 11.1 Å². The van der Waals surface area contributed by atoms with Gasteiger partial charge in [0.25, 0.3) is 0 Å². The molecule has 0 radical (unpaired) electrons. The SMILES string of the molecule is Cc1ccc(/C(=N/O)n2cnnn2)cc1. The first kappa shape index (κ1) is 9.32. The number of nitrogens with zero attached hydrogens (tertiary/aromatic N) is 5. The van der Waals surface area contributed by atoms with Gasteiger partial charge in [-0.15, -0.1) is 5.10 Å². The predicted molar refractivity (Wildman–Crippen MR) is 52.7 cm³/mol. The molecule has 2 rings (SSSR count). The molecule has 6 heteroatoms. The highest BCUT2D eigenvalue weighted by molar-refractivity contribution is 5.99. The first-order valence-electron chi connectivity index (χ1n) is 4.33. The van der Waals surface area contributed by atoms with Gasteiger partial charge in [0, 0.05) is 5.56 Å². The van der Waals surface area contributed by atoms with Gasteiger partial charge in [0.2, 0.25) is 5.84 Å². The molecule has 0 spiro atoms. The molecule has 0 aliphatic heterocycles. The van der Waals surface area contributed by atoms with E-state index in [9.17, 15) is 0 Å². The third-order valence-corrected chi connectivity index (χ3v) is 1.97. The smallest absolute Gasteiger partial charge is 0.202 e. The molecule has 0 amide bonds. The average Bonchev–Trinajstić information content (AvgIpc) is 2.75. The predicted octanol–water partition coefficient (Wildman–Crippen LogP) is 0.666. The third kappa shape index (κ3) is 1.83. The summed E-state index contributed by atoms with van der Waals surface area (Å²) in [5, 5.41) is 22.7. The van der Waals surface area contributed by atoms with Gasteiger partial charge < -0.3 is 5.21 Å². The van der Waals surface area contributed by atoms with Crippen LogP contribution < -0.4 is 0 Å². The summed E-state index contributed by atoms with van der Waals surface area (Å²) < 4.78 is 1.30. The molecule has 2 aromatic rings. The Morgan fingerprint density at radius 1 is 1.33 bits per heavy atom. The fourth-order valence-electron chi connectivity index (χ4n) is 1.20. The molecule has 0 bridgehead atoms. The van der Waals surface area contributed by atoms with Crippen LogP contribution in [-0.4, -0.2) is 31.3 Å². The Labute approximate surface area is 85.8 Å². The maximum absolute atomic E-state index is 8.89. The van der Waals surface area contributed by atoms with Gasteiger partial charge in [-0.25, -0.2) is 0 Å². The van der Waals surface area contributed by atoms with Crippen LogP contribution in [0.15, 0.2) is 35.7 Å². The van der Waals surface area contributed by atoms with Crippen LogP contribution in [0.3, 0.4) is 0 Å².